The first-order valence-corrected chi connectivity index (χ1v) is 12.2. The van der Waals surface area contributed by atoms with Crippen LogP contribution in [0.2, 0.25) is 0 Å². The van der Waals surface area contributed by atoms with Gasteiger partial charge in [0.1, 0.15) is 6.04 Å². The fourth-order valence-corrected chi connectivity index (χ4v) is 3.43. The van der Waals surface area contributed by atoms with Crippen molar-refractivity contribution in [1.82, 2.24) is 10.3 Å². The molecule has 32 heavy (non-hydrogen) atoms. The van der Waals surface area contributed by atoms with Crippen molar-refractivity contribution < 1.29 is 19.4 Å². The Morgan fingerprint density at radius 2 is 2.00 bits per heavy atom. The number of ether oxygens (including phenoxy) is 1. The van der Waals surface area contributed by atoms with Gasteiger partial charge in [0.25, 0.3) is 5.91 Å². The predicted octanol–water partition coefficient (Wildman–Crippen LogP) is 2.06. The third-order valence-electron chi connectivity index (χ3n) is 4.60. The Labute approximate surface area is 198 Å². The van der Waals surface area contributed by atoms with Gasteiger partial charge in [-0.3, -0.25) is 4.79 Å². The van der Waals surface area contributed by atoms with Crippen LogP contribution in [-0.4, -0.2) is 64.5 Å². The molecule has 1 unspecified atom stereocenters. The molecule has 1 aromatic carbocycles. The van der Waals surface area contributed by atoms with Gasteiger partial charge in [-0.1, -0.05) is 30.3 Å². The van der Waals surface area contributed by atoms with E-state index in [1.54, 1.807) is 18.3 Å². The molecule has 10 heteroatoms. The fourth-order valence-electron chi connectivity index (χ4n) is 2.83. The molecule has 0 aliphatic carbocycles. The molecule has 0 saturated carbocycles. The summed E-state index contributed by atoms with van der Waals surface area (Å²) in [5, 5.41) is 15.3. The zero-order valence-electron chi connectivity index (χ0n) is 17.9. The number of thioether (sulfide) groups is 1. The number of benzene rings is 1. The lowest BCUT2D eigenvalue weighted by Crippen LogP contribution is -2.48. The second-order valence-corrected chi connectivity index (χ2v) is 8.51. The third kappa shape index (κ3) is 8.60. The van der Waals surface area contributed by atoms with E-state index in [2.05, 4.69) is 28.2 Å². The lowest BCUT2D eigenvalue weighted by molar-refractivity contribution is -0.143. The molecule has 3 atom stereocenters. The van der Waals surface area contributed by atoms with Gasteiger partial charge in [0.05, 0.1) is 5.69 Å². The van der Waals surface area contributed by atoms with Gasteiger partial charge in [0, 0.05) is 31.0 Å². The first-order valence-electron chi connectivity index (χ1n) is 10.2. The summed E-state index contributed by atoms with van der Waals surface area (Å²) in [6.07, 6.45) is 3.06. The Morgan fingerprint density at radius 1 is 1.25 bits per heavy atom. The van der Waals surface area contributed by atoms with E-state index in [1.165, 1.54) is 11.8 Å². The van der Waals surface area contributed by atoms with Crippen molar-refractivity contribution in [2.24, 2.45) is 5.73 Å². The summed E-state index contributed by atoms with van der Waals surface area (Å²) >= 11 is 5.70. The maximum absolute atomic E-state index is 13.1. The zero-order valence-corrected chi connectivity index (χ0v) is 19.6. The summed E-state index contributed by atoms with van der Waals surface area (Å²) in [6.45, 7) is 0.455. The number of carboxylic acid groups (broad SMARTS) is 1. The van der Waals surface area contributed by atoms with Gasteiger partial charge < -0.3 is 26.2 Å². The molecule has 1 amide bonds. The second kappa shape index (κ2) is 13.9. The van der Waals surface area contributed by atoms with E-state index in [0.29, 0.717) is 30.2 Å². The van der Waals surface area contributed by atoms with Gasteiger partial charge in [0.15, 0.2) is 6.10 Å². The van der Waals surface area contributed by atoms with Gasteiger partial charge in [0.2, 0.25) is 5.88 Å². The zero-order chi connectivity index (χ0) is 23.3. The molecule has 0 aliphatic heterocycles. The second-order valence-electron chi connectivity index (χ2n) is 7.16. The standard InChI is InChI=1S/C22H30N4O4S2/c1-32-11-9-18(22(28)29)26-20(27)19(12-15-6-3-2-4-7-15)30-21-17(8-5-10-24-21)25-13-16(23)14-31/h2-8,10,16,18-19,25,31H,9,11-14,23H2,1H3,(H,26,27)(H,28,29)/t16?,18-,19+/m0/s1. The summed E-state index contributed by atoms with van der Waals surface area (Å²) in [7, 11) is 0. The van der Waals surface area contributed by atoms with Crippen LogP contribution in [0.15, 0.2) is 48.7 Å². The molecule has 1 heterocycles. The third-order valence-corrected chi connectivity index (χ3v) is 5.71. The number of hydrogen-bond donors (Lipinski definition) is 5. The molecule has 5 N–H and O–H groups in total. The molecular weight excluding hydrogens is 448 g/mol. The minimum Gasteiger partial charge on any atom is -0.480 e. The van der Waals surface area contributed by atoms with Crippen LogP contribution in [0.5, 0.6) is 5.88 Å². The van der Waals surface area contributed by atoms with E-state index in [-0.39, 0.29) is 18.3 Å². The number of pyridine rings is 1. The molecule has 0 spiro atoms. The van der Waals surface area contributed by atoms with Crippen molar-refractivity contribution >= 4 is 42.0 Å². The SMILES string of the molecule is CSCC[C@H](NC(=O)[C@@H](Cc1ccccc1)Oc1ncccc1NCC(N)CS)C(=O)O. The molecule has 8 nitrogen and oxygen atoms in total. The fraction of sp³-hybridized carbons (Fsp3) is 0.409. The van der Waals surface area contributed by atoms with Crippen molar-refractivity contribution in [3.63, 3.8) is 0 Å². The molecule has 0 radical (unpaired) electrons. The van der Waals surface area contributed by atoms with Gasteiger partial charge in [-0.15, -0.1) is 0 Å². The Morgan fingerprint density at radius 3 is 2.66 bits per heavy atom. The lowest BCUT2D eigenvalue weighted by Gasteiger charge is -2.22. The number of nitrogens with one attached hydrogen (secondary N) is 2. The summed E-state index contributed by atoms with van der Waals surface area (Å²) < 4.78 is 6.02. The van der Waals surface area contributed by atoms with Crippen LogP contribution in [0.25, 0.3) is 0 Å². The number of carboxylic acids is 1. The van der Waals surface area contributed by atoms with Crippen LogP contribution < -0.4 is 21.1 Å². The summed E-state index contributed by atoms with van der Waals surface area (Å²) in [5.41, 5.74) is 7.40. The van der Waals surface area contributed by atoms with E-state index >= 15 is 0 Å². The van der Waals surface area contributed by atoms with Crippen LogP contribution in [0.1, 0.15) is 12.0 Å². The topological polar surface area (TPSA) is 127 Å². The van der Waals surface area contributed by atoms with E-state index in [1.807, 2.05) is 36.6 Å². The smallest absolute Gasteiger partial charge is 0.326 e. The number of nitrogens with two attached hydrogens (primary N) is 1. The van der Waals surface area contributed by atoms with Gasteiger partial charge in [-0.05, 0) is 36.1 Å². The van der Waals surface area contributed by atoms with Crippen LogP contribution in [0, 0.1) is 0 Å². The van der Waals surface area contributed by atoms with Crippen molar-refractivity contribution in [2.45, 2.75) is 31.0 Å². The maximum atomic E-state index is 13.1. The highest BCUT2D eigenvalue weighted by atomic mass is 32.2. The number of amides is 1. The van der Waals surface area contributed by atoms with Gasteiger partial charge in [-0.2, -0.15) is 24.4 Å². The minimum atomic E-state index is -1.08. The van der Waals surface area contributed by atoms with Crippen LogP contribution >= 0.6 is 24.4 Å². The average Bonchev–Trinajstić information content (AvgIpc) is 2.80. The normalized spacial score (nSPS) is 13.6. The van der Waals surface area contributed by atoms with E-state index < -0.39 is 24.0 Å². The number of nitrogens with zero attached hydrogens (tertiary/aromatic N) is 1. The van der Waals surface area contributed by atoms with Gasteiger partial charge >= 0.3 is 5.97 Å². The molecule has 0 bridgehead atoms. The van der Waals surface area contributed by atoms with Crippen LogP contribution in [0.4, 0.5) is 5.69 Å². The summed E-state index contributed by atoms with van der Waals surface area (Å²) in [5.74, 6) is -0.222. The van der Waals surface area contributed by atoms with Crippen molar-refractivity contribution in [1.29, 1.82) is 0 Å². The first kappa shape index (κ1) is 25.8. The highest BCUT2D eigenvalue weighted by Crippen LogP contribution is 2.23. The largest absolute Gasteiger partial charge is 0.480 e. The Hall–Kier alpha value is -2.43. The van der Waals surface area contributed by atoms with Crippen molar-refractivity contribution in [3.8, 4) is 5.88 Å². The number of aromatic nitrogens is 1. The number of carbonyl (C=O) groups is 2. The summed E-state index contributed by atoms with van der Waals surface area (Å²) in [4.78, 5) is 28.9. The highest BCUT2D eigenvalue weighted by Gasteiger charge is 2.28. The molecule has 2 aromatic rings. The monoisotopic (exact) mass is 478 g/mol. The molecule has 2 rings (SSSR count). The first-order chi connectivity index (χ1) is 15.4. The number of hydrogen-bond acceptors (Lipinski definition) is 8. The van der Waals surface area contributed by atoms with Crippen LogP contribution in [-0.2, 0) is 16.0 Å². The number of thiol groups is 1. The number of anilines is 1. The quantitative estimate of drug-likeness (QED) is 0.261. The average molecular weight is 479 g/mol. The number of carbonyl (C=O) groups excluding carboxylic acids is 1. The lowest BCUT2D eigenvalue weighted by atomic mass is 10.1. The summed E-state index contributed by atoms with van der Waals surface area (Å²) in [6, 6.07) is 11.8. The molecule has 174 valence electrons. The van der Waals surface area contributed by atoms with Crippen molar-refractivity contribution in [3.05, 3.63) is 54.2 Å². The van der Waals surface area contributed by atoms with Gasteiger partial charge in [-0.25, -0.2) is 9.78 Å². The predicted molar refractivity (Wildman–Crippen MR) is 132 cm³/mol. The maximum Gasteiger partial charge on any atom is 0.326 e. The number of aliphatic carboxylic acids is 1. The van der Waals surface area contributed by atoms with E-state index in [9.17, 15) is 14.7 Å². The highest BCUT2D eigenvalue weighted by molar-refractivity contribution is 7.98. The van der Waals surface area contributed by atoms with Crippen molar-refractivity contribution in [2.75, 3.05) is 29.6 Å². The molecular formula is C22H30N4O4S2. The molecule has 1 aromatic heterocycles. The molecule has 0 fully saturated rings. The molecule has 0 saturated heterocycles. The Balaban J connectivity index is 2.22. The van der Waals surface area contributed by atoms with E-state index in [4.69, 9.17) is 10.5 Å². The Kier molecular flexibility index (Phi) is 11.2. The minimum absolute atomic E-state index is 0.164. The Bertz CT molecular complexity index is 857. The number of rotatable bonds is 14. The van der Waals surface area contributed by atoms with Crippen LogP contribution in [0.3, 0.4) is 0 Å². The molecule has 0 aliphatic rings. The van der Waals surface area contributed by atoms with E-state index in [0.717, 1.165) is 5.56 Å².